The smallest absolute Gasteiger partial charge is 0.229 e. The lowest BCUT2D eigenvalue weighted by atomic mass is 9.92. The van der Waals surface area contributed by atoms with Gasteiger partial charge in [0.05, 0.1) is 11.6 Å². The Kier molecular flexibility index (Phi) is 4.50. The summed E-state index contributed by atoms with van der Waals surface area (Å²) in [4.78, 5) is 12.1. The van der Waals surface area contributed by atoms with E-state index in [-0.39, 0.29) is 0 Å². The van der Waals surface area contributed by atoms with E-state index in [0.29, 0.717) is 11.8 Å². The molecule has 0 saturated carbocycles. The number of benzene rings is 1. The van der Waals surface area contributed by atoms with E-state index in [0.717, 1.165) is 41.6 Å². The molecule has 6 nitrogen and oxygen atoms in total. The number of hydrogen-bond acceptors (Lipinski definition) is 5. The van der Waals surface area contributed by atoms with Gasteiger partial charge in [0.2, 0.25) is 5.95 Å². The lowest BCUT2D eigenvalue weighted by molar-refractivity contribution is 0.354. The summed E-state index contributed by atoms with van der Waals surface area (Å²) in [5, 5.41) is 8.89. The molecule has 3 aromatic rings. The summed E-state index contributed by atoms with van der Waals surface area (Å²) < 4.78 is 1.82. The molecule has 2 atom stereocenters. The Hall–Kier alpha value is -2.63. The number of aryl methyl sites for hydroxylation is 3. The maximum atomic E-state index is 4.92. The van der Waals surface area contributed by atoms with E-state index in [1.54, 1.807) is 0 Å². The summed E-state index contributed by atoms with van der Waals surface area (Å²) >= 11 is 0. The van der Waals surface area contributed by atoms with Crippen molar-refractivity contribution in [2.75, 3.05) is 23.3 Å². The van der Waals surface area contributed by atoms with Crippen molar-refractivity contribution in [1.82, 2.24) is 19.7 Å². The Morgan fingerprint density at radius 3 is 2.56 bits per heavy atom. The van der Waals surface area contributed by atoms with Gasteiger partial charge >= 0.3 is 0 Å². The van der Waals surface area contributed by atoms with E-state index >= 15 is 0 Å². The molecule has 0 spiro atoms. The zero-order valence-electron chi connectivity index (χ0n) is 16.8. The third kappa shape index (κ3) is 3.48. The Labute approximate surface area is 160 Å². The van der Waals surface area contributed by atoms with Crippen molar-refractivity contribution >= 4 is 28.5 Å². The highest BCUT2D eigenvalue weighted by molar-refractivity contribution is 5.89. The molecule has 1 saturated heterocycles. The molecule has 0 aliphatic carbocycles. The topological polar surface area (TPSA) is 58.9 Å². The number of nitrogens with zero attached hydrogens (tertiary/aromatic N) is 5. The van der Waals surface area contributed by atoms with E-state index in [2.05, 4.69) is 61.2 Å². The molecule has 142 valence electrons. The minimum Gasteiger partial charge on any atom is -0.340 e. The summed E-state index contributed by atoms with van der Waals surface area (Å²) in [6.45, 7) is 10.8. The van der Waals surface area contributed by atoms with Crippen LogP contribution in [0.3, 0.4) is 0 Å². The van der Waals surface area contributed by atoms with Crippen LogP contribution in [0.5, 0.6) is 0 Å². The molecule has 0 unspecified atom stereocenters. The first-order chi connectivity index (χ1) is 12.9. The Bertz CT molecular complexity index is 966. The monoisotopic (exact) mass is 364 g/mol. The summed E-state index contributed by atoms with van der Waals surface area (Å²) in [7, 11) is 1.93. The van der Waals surface area contributed by atoms with Crippen LogP contribution < -0.4 is 10.2 Å². The molecule has 1 N–H and O–H groups in total. The Morgan fingerprint density at radius 1 is 1.07 bits per heavy atom. The normalized spacial score (nSPS) is 20.3. The third-order valence-electron chi connectivity index (χ3n) is 5.38. The van der Waals surface area contributed by atoms with Gasteiger partial charge in [-0.25, -0.2) is 0 Å². The fourth-order valence-corrected chi connectivity index (χ4v) is 4.07. The van der Waals surface area contributed by atoms with Crippen LogP contribution in [0.2, 0.25) is 0 Å². The summed E-state index contributed by atoms with van der Waals surface area (Å²) in [5.41, 5.74) is 4.35. The largest absolute Gasteiger partial charge is 0.340 e. The first-order valence-corrected chi connectivity index (χ1v) is 9.69. The molecular weight excluding hydrogens is 336 g/mol. The van der Waals surface area contributed by atoms with Crippen molar-refractivity contribution in [2.45, 2.75) is 34.1 Å². The maximum Gasteiger partial charge on any atom is 0.229 e. The van der Waals surface area contributed by atoms with Gasteiger partial charge in [-0.15, -0.1) is 0 Å². The van der Waals surface area contributed by atoms with Gasteiger partial charge in [0.1, 0.15) is 5.82 Å². The highest BCUT2D eigenvalue weighted by Gasteiger charge is 2.25. The molecule has 27 heavy (non-hydrogen) atoms. The standard InChI is InChI=1S/C21H28N6/c1-13-6-7-16(4)18(9-13)23-19-17-10-22-26(5)20(17)25-21(24-19)27-11-14(2)8-15(3)12-27/h6-7,9-10,14-15H,8,11-12H2,1-5H3,(H,23,24,25)/t14-,15+. The molecule has 1 fully saturated rings. The van der Waals surface area contributed by atoms with Crippen LogP contribution in [0.25, 0.3) is 11.0 Å². The van der Waals surface area contributed by atoms with Crippen molar-refractivity contribution in [1.29, 1.82) is 0 Å². The van der Waals surface area contributed by atoms with Gasteiger partial charge in [-0.05, 0) is 49.3 Å². The van der Waals surface area contributed by atoms with Crippen molar-refractivity contribution < 1.29 is 0 Å². The maximum absolute atomic E-state index is 4.92. The summed E-state index contributed by atoms with van der Waals surface area (Å²) in [5.74, 6) is 2.91. The van der Waals surface area contributed by atoms with Crippen LogP contribution in [-0.2, 0) is 7.05 Å². The lowest BCUT2D eigenvalue weighted by Gasteiger charge is -2.35. The number of hydrogen-bond donors (Lipinski definition) is 1. The van der Waals surface area contributed by atoms with Crippen molar-refractivity contribution in [3.8, 4) is 0 Å². The average molecular weight is 364 g/mol. The number of piperidine rings is 1. The number of aromatic nitrogens is 4. The van der Waals surface area contributed by atoms with E-state index in [1.165, 1.54) is 17.5 Å². The second-order valence-corrected chi connectivity index (χ2v) is 8.17. The van der Waals surface area contributed by atoms with Crippen molar-refractivity contribution in [3.05, 3.63) is 35.5 Å². The van der Waals surface area contributed by atoms with Crippen LogP contribution >= 0.6 is 0 Å². The van der Waals surface area contributed by atoms with E-state index < -0.39 is 0 Å². The number of fused-ring (bicyclic) bond motifs is 1. The van der Waals surface area contributed by atoms with Gasteiger partial charge in [0, 0.05) is 25.8 Å². The van der Waals surface area contributed by atoms with Gasteiger partial charge in [-0.3, -0.25) is 4.68 Å². The van der Waals surface area contributed by atoms with Gasteiger partial charge in [0.25, 0.3) is 0 Å². The van der Waals surface area contributed by atoms with Crippen LogP contribution in [-0.4, -0.2) is 32.8 Å². The molecule has 2 aromatic heterocycles. The molecule has 1 aliphatic heterocycles. The number of anilines is 3. The van der Waals surface area contributed by atoms with Gasteiger partial charge in [0.15, 0.2) is 5.65 Å². The minimum atomic E-state index is 0.648. The lowest BCUT2D eigenvalue weighted by Crippen LogP contribution is -2.39. The second-order valence-electron chi connectivity index (χ2n) is 8.17. The van der Waals surface area contributed by atoms with E-state index in [4.69, 9.17) is 9.97 Å². The van der Waals surface area contributed by atoms with E-state index in [1.807, 2.05) is 17.9 Å². The molecule has 3 heterocycles. The third-order valence-corrected chi connectivity index (χ3v) is 5.38. The molecule has 4 rings (SSSR count). The number of rotatable bonds is 3. The highest BCUT2D eigenvalue weighted by atomic mass is 15.3. The Morgan fingerprint density at radius 2 is 1.81 bits per heavy atom. The van der Waals surface area contributed by atoms with Crippen LogP contribution in [0, 0.1) is 25.7 Å². The summed E-state index contributed by atoms with van der Waals surface area (Å²) in [6, 6.07) is 6.42. The predicted octanol–water partition coefficient (Wildman–Crippen LogP) is 4.21. The van der Waals surface area contributed by atoms with Crippen LogP contribution in [0.15, 0.2) is 24.4 Å². The fourth-order valence-electron chi connectivity index (χ4n) is 4.07. The minimum absolute atomic E-state index is 0.648. The molecule has 0 amide bonds. The first-order valence-electron chi connectivity index (χ1n) is 9.69. The predicted molar refractivity (Wildman–Crippen MR) is 111 cm³/mol. The summed E-state index contributed by atoms with van der Waals surface area (Å²) in [6.07, 6.45) is 3.10. The van der Waals surface area contributed by atoms with Gasteiger partial charge in [-0.1, -0.05) is 26.0 Å². The van der Waals surface area contributed by atoms with Gasteiger partial charge in [-0.2, -0.15) is 15.1 Å². The molecule has 6 heteroatoms. The van der Waals surface area contributed by atoms with Gasteiger partial charge < -0.3 is 10.2 Å². The van der Waals surface area contributed by atoms with Crippen molar-refractivity contribution in [2.24, 2.45) is 18.9 Å². The average Bonchev–Trinajstić information content (AvgIpc) is 2.99. The SMILES string of the molecule is Cc1ccc(C)c(Nc2nc(N3C[C@H](C)C[C@H](C)C3)nc3c2cnn3C)c1. The van der Waals surface area contributed by atoms with E-state index in [9.17, 15) is 0 Å². The highest BCUT2D eigenvalue weighted by Crippen LogP contribution is 2.30. The zero-order chi connectivity index (χ0) is 19.1. The fraction of sp³-hybridized carbons (Fsp3) is 0.476. The molecule has 1 aromatic carbocycles. The first kappa shape index (κ1) is 17.8. The molecular formula is C21H28N6. The molecule has 0 radical (unpaired) electrons. The van der Waals surface area contributed by atoms with Crippen LogP contribution in [0.4, 0.5) is 17.5 Å². The van der Waals surface area contributed by atoms with Crippen LogP contribution in [0.1, 0.15) is 31.4 Å². The Balaban J connectivity index is 1.78. The second kappa shape index (κ2) is 6.83. The molecule has 0 bridgehead atoms. The molecule has 1 aliphatic rings. The van der Waals surface area contributed by atoms with Crippen molar-refractivity contribution in [3.63, 3.8) is 0 Å². The quantitative estimate of drug-likeness (QED) is 0.754. The number of nitrogens with one attached hydrogen (secondary N) is 1. The zero-order valence-corrected chi connectivity index (χ0v) is 16.8.